The predicted octanol–water partition coefficient (Wildman–Crippen LogP) is 4.98. The van der Waals surface area contributed by atoms with E-state index in [0.717, 1.165) is 37.4 Å². The molecule has 1 aromatic carbocycles. The molecule has 2 aromatic heterocycles. The lowest BCUT2D eigenvalue weighted by Gasteiger charge is -2.35. The van der Waals surface area contributed by atoms with Crippen LogP contribution in [0.5, 0.6) is 0 Å². The van der Waals surface area contributed by atoms with Crippen LogP contribution >= 0.6 is 0 Å². The number of hydrogen-bond donors (Lipinski definition) is 1. The number of aromatic nitrogens is 2. The highest BCUT2D eigenvalue weighted by Crippen LogP contribution is 2.38. The molecule has 1 fully saturated rings. The van der Waals surface area contributed by atoms with E-state index in [9.17, 15) is 0 Å². The van der Waals surface area contributed by atoms with Crippen molar-refractivity contribution in [1.29, 1.82) is 0 Å². The number of nitrogens with zero attached hydrogens (tertiary/aromatic N) is 5. The molecule has 3 aliphatic rings. The fraction of sp³-hybridized carbons (Fsp3) is 0.321. The van der Waals surface area contributed by atoms with Crippen LogP contribution in [0.25, 0.3) is 11.3 Å². The Morgan fingerprint density at radius 3 is 2.58 bits per heavy atom. The second kappa shape index (κ2) is 9.78. The van der Waals surface area contributed by atoms with Crippen LogP contribution in [-0.2, 0) is 6.42 Å². The number of pyridine rings is 2. The van der Waals surface area contributed by atoms with Gasteiger partial charge in [0, 0.05) is 57.3 Å². The van der Waals surface area contributed by atoms with Gasteiger partial charge in [-0.1, -0.05) is 25.1 Å². The number of nitrogens with one attached hydrogen (secondary N) is 1. The highest BCUT2D eigenvalue weighted by atomic mass is 19.1. The van der Waals surface area contributed by atoms with Crippen LogP contribution in [-0.4, -0.2) is 65.9 Å². The third kappa shape index (κ3) is 4.26. The highest BCUT2D eigenvalue weighted by Gasteiger charge is 2.28. The number of likely N-dealkylation sites (N-methyl/N-ethyl adjacent to an activating group) is 1. The van der Waals surface area contributed by atoms with Gasteiger partial charge in [-0.05, 0) is 36.4 Å². The lowest BCUT2D eigenvalue weighted by atomic mass is 9.94. The molecule has 2 bridgehead atoms. The molecular weight excluding hydrogens is 458 g/mol. The van der Waals surface area contributed by atoms with Crippen LogP contribution in [0.15, 0.2) is 54.2 Å². The fourth-order valence-electron chi connectivity index (χ4n) is 4.87. The van der Waals surface area contributed by atoms with E-state index in [2.05, 4.69) is 38.7 Å². The Labute approximate surface area is 210 Å². The van der Waals surface area contributed by atoms with Gasteiger partial charge in [0.05, 0.1) is 16.9 Å². The van der Waals surface area contributed by atoms with Crippen molar-refractivity contribution >= 4 is 17.3 Å². The van der Waals surface area contributed by atoms with Crippen LogP contribution < -0.4 is 5.32 Å². The van der Waals surface area contributed by atoms with Gasteiger partial charge in [0.15, 0.2) is 0 Å². The number of amidine groups is 1. The number of allylic oxidation sites excluding steroid dienone is 1. The second-order valence-electron chi connectivity index (χ2n) is 9.37. The average molecular weight is 489 g/mol. The molecule has 1 unspecified atom stereocenters. The van der Waals surface area contributed by atoms with Gasteiger partial charge in [-0.3, -0.25) is 4.98 Å². The largest absolute Gasteiger partial charge is 0.373 e. The van der Waals surface area contributed by atoms with Crippen molar-refractivity contribution in [3.05, 3.63) is 83.2 Å². The van der Waals surface area contributed by atoms with Crippen LogP contribution in [0.4, 0.5) is 20.3 Å². The van der Waals surface area contributed by atoms with E-state index < -0.39 is 11.6 Å². The molecule has 3 aromatic rings. The van der Waals surface area contributed by atoms with Gasteiger partial charge in [0.25, 0.3) is 0 Å². The first-order valence-electron chi connectivity index (χ1n) is 12.2. The first-order chi connectivity index (χ1) is 17.4. The molecule has 5 heterocycles. The summed E-state index contributed by atoms with van der Waals surface area (Å²) < 4.78 is 31.0. The van der Waals surface area contributed by atoms with Gasteiger partial charge in [0.2, 0.25) is 0 Å². The molecular formula is C28H30F2N6. The fourth-order valence-corrected chi connectivity index (χ4v) is 4.87. The third-order valence-electron chi connectivity index (χ3n) is 7.01. The van der Waals surface area contributed by atoms with Crippen molar-refractivity contribution in [3.8, 4) is 11.3 Å². The Bertz CT molecular complexity index is 1340. The third-order valence-corrected chi connectivity index (χ3v) is 7.01. The van der Waals surface area contributed by atoms with E-state index in [0.29, 0.717) is 34.9 Å². The summed E-state index contributed by atoms with van der Waals surface area (Å²) in [6.45, 7) is 9.17. The van der Waals surface area contributed by atoms with Gasteiger partial charge in [-0.15, -0.1) is 6.58 Å². The SMILES string of the molecule is C=CC(C)c1nccc2c1N=C(N1CCN(C)CC1)c1cc(F)c(nc1NC)-c1c(F)cccc1C2. The summed E-state index contributed by atoms with van der Waals surface area (Å²) in [4.78, 5) is 18.9. The van der Waals surface area contributed by atoms with Gasteiger partial charge in [-0.2, -0.15) is 0 Å². The number of fused-ring (bicyclic) bond motifs is 2. The number of benzene rings is 1. The summed E-state index contributed by atoms with van der Waals surface area (Å²) >= 11 is 0. The average Bonchev–Trinajstić information content (AvgIpc) is 2.91. The van der Waals surface area contributed by atoms with Crippen LogP contribution in [0, 0.1) is 11.6 Å². The molecule has 1 N–H and O–H groups in total. The van der Waals surface area contributed by atoms with E-state index >= 15 is 8.78 Å². The highest BCUT2D eigenvalue weighted by molar-refractivity contribution is 6.05. The monoisotopic (exact) mass is 488 g/mol. The number of halogens is 2. The molecule has 0 aliphatic carbocycles. The van der Waals surface area contributed by atoms with E-state index in [4.69, 9.17) is 4.99 Å². The Morgan fingerprint density at radius 2 is 1.86 bits per heavy atom. The van der Waals surface area contributed by atoms with Gasteiger partial charge >= 0.3 is 0 Å². The zero-order chi connectivity index (χ0) is 25.4. The van der Waals surface area contributed by atoms with Gasteiger partial charge in [-0.25, -0.2) is 18.8 Å². The zero-order valence-electron chi connectivity index (χ0n) is 20.9. The predicted molar refractivity (Wildman–Crippen MR) is 140 cm³/mol. The molecule has 0 radical (unpaired) electrons. The molecule has 0 amide bonds. The molecule has 1 saturated heterocycles. The van der Waals surface area contributed by atoms with E-state index in [-0.39, 0.29) is 17.2 Å². The van der Waals surface area contributed by atoms with Crippen LogP contribution in [0.3, 0.4) is 0 Å². The zero-order valence-corrected chi connectivity index (χ0v) is 20.9. The normalized spacial score (nSPS) is 16.5. The molecule has 0 saturated carbocycles. The molecule has 0 spiro atoms. The lowest BCUT2D eigenvalue weighted by Crippen LogP contribution is -2.47. The molecule has 1 atom stereocenters. The number of piperazine rings is 1. The van der Waals surface area contributed by atoms with Gasteiger partial charge < -0.3 is 15.1 Å². The molecule has 36 heavy (non-hydrogen) atoms. The van der Waals surface area contributed by atoms with Crippen LogP contribution in [0.2, 0.25) is 0 Å². The summed E-state index contributed by atoms with van der Waals surface area (Å²) in [5.41, 5.74) is 3.71. The van der Waals surface area contributed by atoms with Crippen LogP contribution in [0.1, 0.15) is 35.2 Å². The van der Waals surface area contributed by atoms with E-state index in [1.807, 2.05) is 25.1 Å². The first-order valence-corrected chi connectivity index (χ1v) is 12.2. The Hall–Kier alpha value is -3.65. The molecule has 6 rings (SSSR count). The Balaban J connectivity index is 1.86. The second-order valence-corrected chi connectivity index (χ2v) is 9.37. The topological polar surface area (TPSA) is 56.7 Å². The van der Waals surface area contributed by atoms with Crippen molar-refractivity contribution in [2.75, 3.05) is 45.6 Å². The Morgan fingerprint density at radius 1 is 1.08 bits per heavy atom. The summed E-state index contributed by atoms with van der Waals surface area (Å²) in [6, 6.07) is 8.15. The molecule has 186 valence electrons. The summed E-state index contributed by atoms with van der Waals surface area (Å²) in [7, 11) is 3.82. The van der Waals surface area contributed by atoms with Crippen molar-refractivity contribution in [2.45, 2.75) is 19.3 Å². The molecule has 8 heteroatoms. The molecule has 3 aliphatic heterocycles. The lowest BCUT2D eigenvalue weighted by molar-refractivity contribution is 0.216. The number of anilines is 1. The quantitative estimate of drug-likeness (QED) is 0.527. The first kappa shape index (κ1) is 24.1. The minimum atomic E-state index is -0.582. The minimum absolute atomic E-state index is 0.00823. The minimum Gasteiger partial charge on any atom is -0.373 e. The summed E-state index contributed by atoms with van der Waals surface area (Å²) in [5.74, 6) is -0.0770. The summed E-state index contributed by atoms with van der Waals surface area (Å²) in [6.07, 6.45) is 3.94. The maximum Gasteiger partial charge on any atom is 0.150 e. The number of hydrogen-bond acceptors (Lipinski definition) is 6. The standard InChI is InChI=1S/C28H30F2N6/c1-5-17(2)24-25-19(9-10-32-24)15-18-7-6-8-21(29)23(18)26-22(30)16-20(27(31-3)33-26)28(34-25)36-13-11-35(4)12-14-36/h5-10,16-17H,1,11-15H2,2-4H3,(H,31,33). The van der Waals surface area contributed by atoms with E-state index in [1.54, 1.807) is 19.3 Å². The van der Waals surface area contributed by atoms with Gasteiger partial charge in [0.1, 0.15) is 29.0 Å². The number of rotatable bonds is 3. The Kier molecular flexibility index (Phi) is 6.53. The summed E-state index contributed by atoms with van der Waals surface area (Å²) in [5, 5.41) is 3.10. The van der Waals surface area contributed by atoms with Crippen molar-refractivity contribution < 1.29 is 8.78 Å². The van der Waals surface area contributed by atoms with Crippen molar-refractivity contribution in [2.24, 2.45) is 4.99 Å². The molecule has 6 nitrogen and oxygen atoms in total. The smallest absolute Gasteiger partial charge is 0.150 e. The van der Waals surface area contributed by atoms with E-state index in [1.165, 1.54) is 12.1 Å². The van der Waals surface area contributed by atoms with Crippen molar-refractivity contribution in [3.63, 3.8) is 0 Å². The maximum absolute atomic E-state index is 15.7. The number of aliphatic imine (C=N–C) groups is 1. The maximum atomic E-state index is 15.7. The van der Waals surface area contributed by atoms with Crippen molar-refractivity contribution in [1.82, 2.24) is 19.8 Å².